The molecule has 0 radical (unpaired) electrons. The molecular formula is C10H13NO2. The highest BCUT2D eigenvalue weighted by Crippen LogP contribution is 2.23. The molecule has 3 nitrogen and oxygen atoms in total. The van der Waals surface area contributed by atoms with Gasteiger partial charge in [0.25, 0.3) is 0 Å². The molecule has 0 aromatic carbocycles. The minimum Gasteiger partial charge on any atom is -0.486 e. The normalized spacial score (nSPS) is 27.5. The van der Waals surface area contributed by atoms with E-state index in [1.165, 1.54) is 0 Å². The van der Waals surface area contributed by atoms with Crippen LogP contribution < -0.4 is 4.74 Å². The summed E-state index contributed by atoms with van der Waals surface area (Å²) in [6.45, 7) is 0. The lowest BCUT2D eigenvalue weighted by Crippen LogP contribution is -2.25. The third-order valence-corrected chi connectivity index (χ3v) is 2.34. The molecule has 2 rings (SSSR count). The molecule has 2 atom stereocenters. The van der Waals surface area contributed by atoms with Crippen LogP contribution in [0, 0.1) is 0 Å². The first-order chi connectivity index (χ1) is 6.36. The van der Waals surface area contributed by atoms with Crippen LogP contribution in [0.1, 0.15) is 19.3 Å². The van der Waals surface area contributed by atoms with Crippen LogP contribution in [0.4, 0.5) is 0 Å². The summed E-state index contributed by atoms with van der Waals surface area (Å²) in [5, 5.41) is 9.50. The molecule has 1 saturated carbocycles. The Morgan fingerprint density at radius 2 is 2.38 bits per heavy atom. The summed E-state index contributed by atoms with van der Waals surface area (Å²) in [5.74, 6) is 0.744. The highest BCUT2D eigenvalue weighted by atomic mass is 16.5. The van der Waals surface area contributed by atoms with E-state index in [0.717, 1.165) is 25.0 Å². The van der Waals surface area contributed by atoms with Crippen molar-refractivity contribution in [2.24, 2.45) is 0 Å². The molecule has 0 amide bonds. The van der Waals surface area contributed by atoms with E-state index in [4.69, 9.17) is 4.74 Å². The number of aliphatic hydroxyl groups excluding tert-OH is 1. The lowest BCUT2D eigenvalue weighted by molar-refractivity contribution is 0.0602. The summed E-state index contributed by atoms with van der Waals surface area (Å²) in [6, 6.07) is 3.69. The number of hydrogen-bond donors (Lipinski definition) is 1. The van der Waals surface area contributed by atoms with E-state index in [2.05, 4.69) is 4.98 Å². The lowest BCUT2D eigenvalue weighted by atomic mass is 10.2. The number of nitrogens with zero attached hydrogens (tertiary/aromatic N) is 1. The molecular weight excluding hydrogens is 166 g/mol. The standard InChI is InChI=1S/C10H13NO2/c12-9-4-1-5-10(9)13-8-3-2-6-11-7-8/h2-3,6-7,9-10,12H,1,4-5H2. The number of hydrogen-bond acceptors (Lipinski definition) is 3. The van der Waals surface area contributed by atoms with Crippen molar-refractivity contribution in [3.8, 4) is 5.75 Å². The lowest BCUT2D eigenvalue weighted by Gasteiger charge is -2.16. The van der Waals surface area contributed by atoms with E-state index in [-0.39, 0.29) is 12.2 Å². The van der Waals surface area contributed by atoms with Crippen LogP contribution in [-0.2, 0) is 0 Å². The first kappa shape index (κ1) is 8.51. The number of pyridine rings is 1. The Balaban J connectivity index is 1.98. The van der Waals surface area contributed by atoms with Gasteiger partial charge in [0.2, 0.25) is 0 Å². The van der Waals surface area contributed by atoms with Crippen molar-refractivity contribution < 1.29 is 9.84 Å². The molecule has 1 N–H and O–H groups in total. The predicted molar refractivity (Wildman–Crippen MR) is 48.5 cm³/mol. The highest BCUT2D eigenvalue weighted by Gasteiger charge is 2.26. The van der Waals surface area contributed by atoms with Crippen molar-refractivity contribution in [3.05, 3.63) is 24.5 Å². The smallest absolute Gasteiger partial charge is 0.138 e. The van der Waals surface area contributed by atoms with Gasteiger partial charge in [0.15, 0.2) is 0 Å². The van der Waals surface area contributed by atoms with Crippen LogP contribution in [-0.4, -0.2) is 22.3 Å². The molecule has 0 spiro atoms. The van der Waals surface area contributed by atoms with Crippen LogP contribution in [0.15, 0.2) is 24.5 Å². The van der Waals surface area contributed by atoms with Gasteiger partial charge < -0.3 is 9.84 Å². The Morgan fingerprint density at radius 1 is 1.46 bits per heavy atom. The van der Waals surface area contributed by atoms with Gasteiger partial charge in [0.1, 0.15) is 11.9 Å². The molecule has 3 heteroatoms. The van der Waals surface area contributed by atoms with Crippen molar-refractivity contribution in [2.75, 3.05) is 0 Å². The van der Waals surface area contributed by atoms with Gasteiger partial charge in [0.05, 0.1) is 12.3 Å². The second-order valence-electron chi connectivity index (χ2n) is 3.34. The molecule has 0 saturated heterocycles. The molecule has 1 heterocycles. The summed E-state index contributed by atoms with van der Waals surface area (Å²) in [6.07, 6.45) is 5.88. The SMILES string of the molecule is OC1CCCC1Oc1cccnc1. The molecule has 1 aliphatic rings. The number of ether oxygens (including phenoxy) is 1. The zero-order chi connectivity index (χ0) is 9.10. The van der Waals surface area contributed by atoms with Crippen molar-refractivity contribution in [2.45, 2.75) is 31.5 Å². The van der Waals surface area contributed by atoms with Crippen molar-refractivity contribution in [3.63, 3.8) is 0 Å². The second-order valence-corrected chi connectivity index (χ2v) is 3.34. The van der Waals surface area contributed by atoms with Gasteiger partial charge in [-0.15, -0.1) is 0 Å². The van der Waals surface area contributed by atoms with Crippen molar-refractivity contribution in [1.82, 2.24) is 4.98 Å². The first-order valence-electron chi connectivity index (χ1n) is 4.61. The van der Waals surface area contributed by atoms with Crippen LogP contribution >= 0.6 is 0 Å². The molecule has 1 aromatic rings. The third kappa shape index (κ3) is 1.98. The molecule has 2 unspecified atom stereocenters. The van der Waals surface area contributed by atoms with Crippen LogP contribution in [0.5, 0.6) is 5.75 Å². The van der Waals surface area contributed by atoms with Crippen molar-refractivity contribution in [1.29, 1.82) is 0 Å². The minimum absolute atomic E-state index is 0.0378. The van der Waals surface area contributed by atoms with Gasteiger partial charge in [-0.2, -0.15) is 0 Å². The van der Waals surface area contributed by atoms with Gasteiger partial charge in [-0.3, -0.25) is 4.98 Å². The Kier molecular flexibility index (Phi) is 2.45. The van der Waals surface area contributed by atoms with E-state index >= 15 is 0 Å². The van der Waals surface area contributed by atoms with Gasteiger partial charge in [-0.1, -0.05) is 0 Å². The molecule has 1 aliphatic carbocycles. The van der Waals surface area contributed by atoms with Crippen molar-refractivity contribution >= 4 is 0 Å². The Bertz CT molecular complexity index is 263. The van der Waals surface area contributed by atoms with E-state index in [1.54, 1.807) is 12.4 Å². The first-order valence-corrected chi connectivity index (χ1v) is 4.61. The van der Waals surface area contributed by atoms with Gasteiger partial charge in [0, 0.05) is 6.20 Å². The van der Waals surface area contributed by atoms with E-state index < -0.39 is 0 Å². The van der Waals surface area contributed by atoms with E-state index in [1.807, 2.05) is 12.1 Å². The topological polar surface area (TPSA) is 42.4 Å². The maximum atomic E-state index is 9.50. The minimum atomic E-state index is -0.305. The summed E-state index contributed by atoms with van der Waals surface area (Å²) in [5.41, 5.74) is 0. The van der Waals surface area contributed by atoms with Crippen LogP contribution in [0.25, 0.3) is 0 Å². The monoisotopic (exact) mass is 179 g/mol. The zero-order valence-corrected chi connectivity index (χ0v) is 7.39. The van der Waals surface area contributed by atoms with Gasteiger partial charge >= 0.3 is 0 Å². The third-order valence-electron chi connectivity index (χ3n) is 2.34. The Labute approximate surface area is 77.4 Å². The molecule has 13 heavy (non-hydrogen) atoms. The maximum absolute atomic E-state index is 9.50. The Morgan fingerprint density at radius 3 is 3.00 bits per heavy atom. The molecule has 70 valence electrons. The zero-order valence-electron chi connectivity index (χ0n) is 7.39. The average molecular weight is 179 g/mol. The largest absolute Gasteiger partial charge is 0.486 e. The predicted octanol–water partition coefficient (Wildman–Crippen LogP) is 1.37. The fraction of sp³-hybridized carbons (Fsp3) is 0.500. The van der Waals surface area contributed by atoms with Crippen LogP contribution in [0.2, 0.25) is 0 Å². The summed E-state index contributed by atoms with van der Waals surface area (Å²) < 4.78 is 5.58. The fourth-order valence-electron chi connectivity index (χ4n) is 1.64. The quantitative estimate of drug-likeness (QED) is 0.745. The molecule has 0 bridgehead atoms. The van der Waals surface area contributed by atoms with Crippen LogP contribution in [0.3, 0.4) is 0 Å². The second kappa shape index (κ2) is 3.75. The van der Waals surface area contributed by atoms with E-state index in [9.17, 15) is 5.11 Å². The maximum Gasteiger partial charge on any atom is 0.138 e. The number of aromatic nitrogens is 1. The summed E-state index contributed by atoms with van der Waals surface area (Å²) >= 11 is 0. The van der Waals surface area contributed by atoms with E-state index in [0.29, 0.717) is 0 Å². The molecule has 1 fully saturated rings. The fourth-order valence-corrected chi connectivity index (χ4v) is 1.64. The number of rotatable bonds is 2. The summed E-state index contributed by atoms with van der Waals surface area (Å²) in [7, 11) is 0. The number of aliphatic hydroxyl groups is 1. The van der Waals surface area contributed by atoms with Gasteiger partial charge in [-0.05, 0) is 31.4 Å². The highest BCUT2D eigenvalue weighted by molar-refractivity contribution is 5.16. The molecule has 1 aromatic heterocycles. The molecule has 0 aliphatic heterocycles. The summed E-state index contributed by atoms with van der Waals surface area (Å²) in [4.78, 5) is 3.95. The Hall–Kier alpha value is -1.09. The average Bonchev–Trinajstić information content (AvgIpc) is 2.54. The van der Waals surface area contributed by atoms with Gasteiger partial charge in [-0.25, -0.2) is 0 Å².